The Morgan fingerprint density at radius 1 is 0.976 bits per heavy atom. The van der Waals surface area contributed by atoms with Crippen molar-refractivity contribution in [3.05, 3.63) is 94.7 Å². The van der Waals surface area contributed by atoms with Gasteiger partial charge in [0, 0.05) is 60.3 Å². The second-order valence-electron chi connectivity index (χ2n) is 11.5. The fraction of sp³-hybridized carbons (Fsp3) is 0.312. The Balaban J connectivity index is 1.12. The standard InChI is InChI=1S/C32H28F2N4O4/c33-20-7-5-19(24(34)12-20)14-36-10-9-21(15-36)37-16-29(39)38-26(32(37)40)13-23-22-3-1-2-4-25(22)35-30(23)31(38)18-6-8-27-28(11-18)42-17-41-27/h1-8,11-12,21,26,31,35H,9-10,13-17H2/t21-,26-,31-/m1/s1. The van der Waals surface area contributed by atoms with Crippen molar-refractivity contribution in [2.75, 3.05) is 26.4 Å². The number of hydrogen-bond donors (Lipinski definition) is 1. The van der Waals surface area contributed by atoms with Crippen LogP contribution < -0.4 is 9.47 Å². The number of fused-ring (bicyclic) bond motifs is 5. The highest BCUT2D eigenvalue weighted by Gasteiger charge is 2.50. The molecule has 1 aromatic heterocycles. The first-order valence-corrected chi connectivity index (χ1v) is 14.2. The average Bonchev–Trinajstić information content (AvgIpc) is 3.73. The van der Waals surface area contributed by atoms with Crippen molar-refractivity contribution in [1.29, 1.82) is 0 Å². The van der Waals surface area contributed by atoms with Crippen LogP contribution in [0.3, 0.4) is 0 Å². The van der Waals surface area contributed by atoms with Gasteiger partial charge in [0.2, 0.25) is 18.6 Å². The minimum atomic E-state index is -0.656. The number of H-pyrrole nitrogens is 1. The molecule has 0 bridgehead atoms. The number of carbonyl (C=O) groups excluding carboxylic acids is 2. The van der Waals surface area contributed by atoms with E-state index < -0.39 is 23.7 Å². The fourth-order valence-electron chi connectivity index (χ4n) is 7.13. The third-order valence-electron chi connectivity index (χ3n) is 9.10. The quantitative estimate of drug-likeness (QED) is 0.399. The number of aromatic nitrogens is 1. The maximum absolute atomic E-state index is 14.3. The summed E-state index contributed by atoms with van der Waals surface area (Å²) in [4.78, 5) is 37.3. The molecule has 3 atom stereocenters. The first-order chi connectivity index (χ1) is 20.4. The van der Waals surface area contributed by atoms with E-state index in [0.717, 1.165) is 33.8 Å². The van der Waals surface area contributed by atoms with Crippen LogP contribution in [-0.4, -0.2) is 70.0 Å². The zero-order valence-corrected chi connectivity index (χ0v) is 22.7. The Kier molecular flexibility index (Phi) is 5.75. The van der Waals surface area contributed by atoms with E-state index in [9.17, 15) is 18.4 Å². The largest absolute Gasteiger partial charge is 0.454 e. The SMILES string of the molecule is O=C1[C@H]2Cc3c([nH]c4ccccc34)[C@@H](c3ccc4c(c3)OCO4)N2C(=O)CN1[C@@H]1CCN(Cc2ccc(F)cc2F)C1. The lowest BCUT2D eigenvalue weighted by Gasteiger charge is -2.48. The zero-order chi connectivity index (χ0) is 28.5. The topological polar surface area (TPSA) is 78.1 Å². The van der Waals surface area contributed by atoms with Crippen molar-refractivity contribution in [2.24, 2.45) is 0 Å². The summed E-state index contributed by atoms with van der Waals surface area (Å²) in [5, 5.41) is 1.05. The van der Waals surface area contributed by atoms with E-state index >= 15 is 0 Å². The van der Waals surface area contributed by atoms with Crippen LogP contribution in [0.4, 0.5) is 8.78 Å². The number of piperazine rings is 1. The van der Waals surface area contributed by atoms with E-state index in [1.807, 2.05) is 42.5 Å². The molecule has 4 aliphatic heterocycles. The van der Waals surface area contributed by atoms with Gasteiger partial charge in [0.25, 0.3) is 0 Å². The Labute approximate surface area is 240 Å². The first-order valence-electron chi connectivity index (χ1n) is 14.2. The van der Waals surface area contributed by atoms with Gasteiger partial charge in [-0.3, -0.25) is 14.5 Å². The maximum atomic E-state index is 14.3. The number of aromatic amines is 1. The lowest BCUT2D eigenvalue weighted by molar-refractivity contribution is -0.160. The van der Waals surface area contributed by atoms with Crippen molar-refractivity contribution in [2.45, 2.75) is 37.5 Å². The number of rotatable bonds is 4. The molecule has 0 aliphatic carbocycles. The molecule has 4 aromatic rings. The van der Waals surface area contributed by atoms with Crippen molar-refractivity contribution in [3.8, 4) is 11.5 Å². The second-order valence-corrected chi connectivity index (χ2v) is 11.5. The molecule has 2 fully saturated rings. The summed E-state index contributed by atoms with van der Waals surface area (Å²) in [6, 6.07) is 16.0. The van der Waals surface area contributed by atoms with Gasteiger partial charge >= 0.3 is 0 Å². The highest BCUT2D eigenvalue weighted by atomic mass is 19.1. The van der Waals surface area contributed by atoms with E-state index in [4.69, 9.17) is 9.47 Å². The Hall–Kier alpha value is -4.44. The van der Waals surface area contributed by atoms with Crippen LogP contribution in [0, 0.1) is 11.6 Å². The van der Waals surface area contributed by atoms with Crippen LogP contribution >= 0.6 is 0 Å². The van der Waals surface area contributed by atoms with Gasteiger partial charge < -0.3 is 24.3 Å². The fourth-order valence-corrected chi connectivity index (χ4v) is 7.13. The molecular weight excluding hydrogens is 542 g/mol. The lowest BCUT2D eigenvalue weighted by atomic mass is 9.85. The van der Waals surface area contributed by atoms with Gasteiger partial charge in [-0.25, -0.2) is 8.78 Å². The molecule has 4 aliphatic rings. The van der Waals surface area contributed by atoms with E-state index in [2.05, 4.69) is 9.88 Å². The monoisotopic (exact) mass is 570 g/mol. The van der Waals surface area contributed by atoms with Crippen LogP contribution in [0.15, 0.2) is 60.7 Å². The molecule has 0 saturated carbocycles. The number of likely N-dealkylation sites (tertiary alicyclic amines) is 1. The van der Waals surface area contributed by atoms with E-state index in [1.54, 1.807) is 9.80 Å². The van der Waals surface area contributed by atoms with E-state index in [1.165, 1.54) is 12.1 Å². The second kappa shape index (κ2) is 9.55. The van der Waals surface area contributed by atoms with Crippen LogP contribution in [0.2, 0.25) is 0 Å². The molecular formula is C32H28F2N4O4. The summed E-state index contributed by atoms with van der Waals surface area (Å²) in [6.45, 7) is 1.62. The highest BCUT2D eigenvalue weighted by molar-refractivity contribution is 5.98. The van der Waals surface area contributed by atoms with Crippen molar-refractivity contribution in [1.82, 2.24) is 19.7 Å². The van der Waals surface area contributed by atoms with Crippen LogP contribution in [-0.2, 0) is 22.6 Å². The summed E-state index contributed by atoms with van der Waals surface area (Å²) >= 11 is 0. The summed E-state index contributed by atoms with van der Waals surface area (Å²) in [7, 11) is 0. The van der Waals surface area contributed by atoms with Gasteiger partial charge in [-0.1, -0.05) is 30.3 Å². The van der Waals surface area contributed by atoms with Crippen LogP contribution in [0.25, 0.3) is 10.9 Å². The Morgan fingerprint density at radius 2 is 1.83 bits per heavy atom. The third-order valence-corrected chi connectivity index (χ3v) is 9.10. The molecule has 10 heteroatoms. The summed E-state index contributed by atoms with van der Waals surface area (Å²) in [6.07, 6.45) is 1.09. The number of amides is 2. The summed E-state index contributed by atoms with van der Waals surface area (Å²) in [5.41, 5.74) is 4.17. The maximum Gasteiger partial charge on any atom is 0.246 e. The van der Waals surface area contributed by atoms with Crippen molar-refractivity contribution in [3.63, 3.8) is 0 Å². The molecule has 0 unspecified atom stereocenters. The van der Waals surface area contributed by atoms with Crippen molar-refractivity contribution >= 4 is 22.7 Å². The predicted octanol–water partition coefficient (Wildman–Crippen LogP) is 4.13. The molecule has 0 radical (unpaired) electrons. The smallest absolute Gasteiger partial charge is 0.246 e. The predicted molar refractivity (Wildman–Crippen MR) is 149 cm³/mol. The summed E-state index contributed by atoms with van der Waals surface area (Å²) in [5.74, 6) is -0.104. The Morgan fingerprint density at radius 3 is 2.71 bits per heavy atom. The molecule has 0 spiro atoms. The van der Waals surface area contributed by atoms with Gasteiger partial charge in [-0.05, 0) is 41.8 Å². The molecule has 8 rings (SSSR count). The Bertz CT molecular complexity index is 1760. The molecule has 42 heavy (non-hydrogen) atoms. The molecule has 8 nitrogen and oxygen atoms in total. The van der Waals surface area contributed by atoms with E-state index in [-0.39, 0.29) is 31.2 Å². The third kappa shape index (κ3) is 3.96. The van der Waals surface area contributed by atoms with Gasteiger partial charge in [0.15, 0.2) is 11.5 Å². The number of hydrogen-bond acceptors (Lipinski definition) is 5. The number of nitrogens with zero attached hydrogens (tertiary/aromatic N) is 3. The molecule has 214 valence electrons. The number of carbonyl (C=O) groups is 2. The molecule has 3 aromatic carbocycles. The summed E-state index contributed by atoms with van der Waals surface area (Å²) < 4.78 is 38.9. The normalized spacial score (nSPS) is 23.5. The number of halogens is 2. The number of para-hydroxylation sites is 1. The first kappa shape index (κ1) is 25.3. The van der Waals surface area contributed by atoms with Gasteiger partial charge in [-0.2, -0.15) is 0 Å². The molecule has 5 heterocycles. The number of nitrogens with one attached hydrogen (secondary N) is 1. The van der Waals surface area contributed by atoms with E-state index in [0.29, 0.717) is 49.5 Å². The van der Waals surface area contributed by atoms with Gasteiger partial charge in [-0.15, -0.1) is 0 Å². The van der Waals surface area contributed by atoms with Crippen LogP contribution in [0.5, 0.6) is 11.5 Å². The van der Waals surface area contributed by atoms with Crippen molar-refractivity contribution < 1.29 is 27.8 Å². The molecule has 2 amide bonds. The average molecular weight is 571 g/mol. The molecule has 1 N–H and O–H groups in total. The van der Waals surface area contributed by atoms with Gasteiger partial charge in [0.1, 0.15) is 24.2 Å². The van der Waals surface area contributed by atoms with Gasteiger partial charge in [0.05, 0.1) is 6.04 Å². The number of ether oxygens (including phenoxy) is 2. The minimum Gasteiger partial charge on any atom is -0.454 e. The number of benzene rings is 3. The zero-order valence-electron chi connectivity index (χ0n) is 22.7. The minimum absolute atomic E-state index is 0.0185. The lowest BCUT2D eigenvalue weighted by Crippen LogP contribution is -2.65. The van der Waals surface area contributed by atoms with Crippen LogP contribution in [0.1, 0.15) is 34.8 Å². The highest BCUT2D eigenvalue weighted by Crippen LogP contribution is 2.45. The molecule has 2 saturated heterocycles.